The van der Waals surface area contributed by atoms with E-state index in [9.17, 15) is 0 Å². The molecule has 0 bridgehead atoms. The van der Waals surface area contributed by atoms with Gasteiger partial charge in [-0.3, -0.25) is 0 Å². The fourth-order valence-corrected chi connectivity index (χ4v) is 4.64. The van der Waals surface area contributed by atoms with Gasteiger partial charge in [-0.05, 0) is 12.5 Å². The zero-order valence-electron chi connectivity index (χ0n) is 15.2. The van der Waals surface area contributed by atoms with E-state index in [1.54, 1.807) is 34.3 Å². The van der Waals surface area contributed by atoms with Gasteiger partial charge in [0.2, 0.25) is 4.96 Å². The third-order valence-electron chi connectivity index (χ3n) is 4.27. The lowest BCUT2D eigenvalue weighted by molar-refractivity contribution is 0.308. The third-order valence-corrected chi connectivity index (χ3v) is 6.21. The van der Waals surface area contributed by atoms with Gasteiger partial charge in [0.05, 0.1) is 23.5 Å². The lowest BCUT2D eigenvalue weighted by Gasteiger charge is -2.09. The summed E-state index contributed by atoms with van der Waals surface area (Å²) >= 11 is 3.13. The minimum Gasteiger partial charge on any atom is -0.497 e. The number of imidazole rings is 1. The molecule has 0 radical (unpaired) electrons. The smallest absolute Gasteiger partial charge is 0.212 e. The standard InChI is InChI=1S/C20H16N4O2S2/c1-12-23-24-10-16(22-20(24)27-12)19-21-15-8-14(25-2)9-17(18(15)28-19)26-11-13-6-4-3-5-7-13/h3-10H,11H2,1-2H3. The highest BCUT2D eigenvalue weighted by atomic mass is 32.1. The van der Waals surface area contributed by atoms with E-state index in [-0.39, 0.29) is 0 Å². The van der Waals surface area contributed by atoms with Crippen LogP contribution in [0.15, 0.2) is 48.7 Å². The Morgan fingerprint density at radius 2 is 1.93 bits per heavy atom. The Bertz CT molecular complexity index is 1240. The number of aryl methyl sites for hydroxylation is 1. The number of hydrogen-bond donors (Lipinski definition) is 0. The number of nitrogens with zero attached hydrogens (tertiary/aromatic N) is 4. The second kappa shape index (κ2) is 6.88. The summed E-state index contributed by atoms with van der Waals surface area (Å²) in [6.45, 7) is 2.46. The number of rotatable bonds is 5. The molecule has 28 heavy (non-hydrogen) atoms. The molecule has 3 heterocycles. The molecule has 6 nitrogen and oxygen atoms in total. The predicted octanol–water partition coefficient (Wildman–Crippen LogP) is 4.96. The first-order valence-electron chi connectivity index (χ1n) is 8.68. The Morgan fingerprint density at radius 3 is 2.71 bits per heavy atom. The fraction of sp³-hybridized carbons (Fsp3) is 0.150. The van der Waals surface area contributed by atoms with E-state index < -0.39 is 0 Å². The van der Waals surface area contributed by atoms with Crippen LogP contribution in [0.25, 0.3) is 25.9 Å². The highest BCUT2D eigenvalue weighted by Crippen LogP contribution is 2.39. The molecule has 0 amide bonds. The summed E-state index contributed by atoms with van der Waals surface area (Å²) in [5.41, 5.74) is 2.76. The van der Waals surface area contributed by atoms with E-state index in [0.29, 0.717) is 6.61 Å². The van der Waals surface area contributed by atoms with Crippen LogP contribution in [0.3, 0.4) is 0 Å². The minimum atomic E-state index is 0.486. The molecule has 0 saturated carbocycles. The van der Waals surface area contributed by atoms with E-state index in [1.807, 2.05) is 55.6 Å². The average Bonchev–Trinajstić information content (AvgIpc) is 3.38. The molecule has 0 aliphatic rings. The van der Waals surface area contributed by atoms with Crippen LogP contribution < -0.4 is 9.47 Å². The van der Waals surface area contributed by atoms with Crippen molar-refractivity contribution in [1.82, 2.24) is 19.6 Å². The summed E-state index contributed by atoms with van der Waals surface area (Å²) in [4.78, 5) is 10.3. The average molecular weight is 409 g/mol. The summed E-state index contributed by atoms with van der Waals surface area (Å²) in [5.74, 6) is 1.48. The van der Waals surface area contributed by atoms with E-state index in [1.165, 1.54) is 0 Å². The summed E-state index contributed by atoms with van der Waals surface area (Å²) in [5, 5.41) is 6.25. The molecular formula is C20H16N4O2S2. The summed E-state index contributed by atoms with van der Waals surface area (Å²) < 4.78 is 14.3. The van der Waals surface area contributed by atoms with Gasteiger partial charge in [-0.15, -0.1) is 11.3 Å². The van der Waals surface area contributed by atoms with Gasteiger partial charge in [0.25, 0.3) is 0 Å². The number of ether oxygens (including phenoxy) is 2. The van der Waals surface area contributed by atoms with Crippen molar-refractivity contribution in [2.24, 2.45) is 0 Å². The maximum absolute atomic E-state index is 6.11. The maximum atomic E-state index is 6.11. The van der Waals surface area contributed by atoms with Crippen LogP contribution >= 0.6 is 22.7 Å². The SMILES string of the molecule is COc1cc(OCc2ccccc2)c2sc(-c3cn4nc(C)sc4n3)nc2c1. The fourth-order valence-electron chi connectivity index (χ4n) is 2.95. The van der Waals surface area contributed by atoms with Gasteiger partial charge >= 0.3 is 0 Å². The van der Waals surface area contributed by atoms with Gasteiger partial charge in [-0.2, -0.15) is 5.10 Å². The topological polar surface area (TPSA) is 61.5 Å². The van der Waals surface area contributed by atoms with Gasteiger partial charge in [0.15, 0.2) is 0 Å². The molecule has 8 heteroatoms. The number of hydrogen-bond acceptors (Lipinski definition) is 7. The van der Waals surface area contributed by atoms with Crippen molar-refractivity contribution in [3.05, 3.63) is 59.2 Å². The molecule has 0 aliphatic carbocycles. The zero-order chi connectivity index (χ0) is 19.1. The number of aromatic nitrogens is 4. The first-order valence-corrected chi connectivity index (χ1v) is 10.3. The van der Waals surface area contributed by atoms with Crippen LogP contribution in [0.1, 0.15) is 10.6 Å². The molecule has 140 valence electrons. The van der Waals surface area contributed by atoms with Gasteiger partial charge < -0.3 is 9.47 Å². The Morgan fingerprint density at radius 1 is 1.07 bits per heavy atom. The molecule has 0 aliphatic heterocycles. The van der Waals surface area contributed by atoms with Crippen molar-refractivity contribution in [2.45, 2.75) is 13.5 Å². The zero-order valence-corrected chi connectivity index (χ0v) is 16.9. The van der Waals surface area contributed by atoms with Crippen LogP contribution in [-0.4, -0.2) is 26.7 Å². The van der Waals surface area contributed by atoms with Crippen LogP contribution in [0.2, 0.25) is 0 Å². The largest absolute Gasteiger partial charge is 0.497 e. The van der Waals surface area contributed by atoms with Gasteiger partial charge in [-0.25, -0.2) is 14.5 Å². The van der Waals surface area contributed by atoms with E-state index >= 15 is 0 Å². The van der Waals surface area contributed by atoms with E-state index in [4.69, 9.17) is 14.5 Å². The van der Waals surface area contributed by atoms with Gasteiger partial charge in [-0.1, -0.05) is 41.7 Å². The first kappa shape index (κ1) is 17.2. The molecule has 5 rings (SSSR count). The molecule has 0 spiro atoms. The Labute approximate surface area is 169 Å². The molecule has 0 N–H and O–H groups in total. The van der Waals surface area contributed by atoms with Crippen molar-refractivity contribution < 1.29 is 9.47 Å². The maximum Gasteiger partial charge on any atom is 0.212 e. The van der Waals surface area contributed by atoms with Crippen LogP contribution in [-0.2, 0) is 6.61 Å². The van der Waals surface area contributed by atoms with Crippen molar-refractivity contribution in [1.29, 1.82) is 0 Å². The predicted molar refractivity (Wildman–Crippen MR) is 112 cm³/mol. The molecule has 3 aromatic heterocycles. The highest BCUT2D eigenvalue weighted by molar-refractivity contribution is 7.22. The van der Waals surface area contributed by atoms with Crippen LogP contribution in [0, 0.1) is 6.92 Å². The third kappa shape index (κ3) is 3.10. The second-order valence-corrected chi connectivity index (χ2v) is 8.40. The molecule has 0 saturated heterocycles. The van der Waals surface area contributed by atoms with Gasteiger partial charge in [0.1, 0.15) is 33.8 Å². The number of thiazole rings is 1. The summed E-state index contributed by atoms with van der Waals surface area (Å²) in [7, 11) is 1.65. The number of methoxy groups -OCH3 is 1. The number of fused-ring (bicyclic) bond motifs is 2. The molecule has 0 atom stereocenters. The minimum absolute atomic E-state index is 0.486. The summed E-state index contributed by atoms with van der Waals surface area (Å²) in [6, 6.07) is 13.9. The van der Waals surface area contributed by atoms with Crippen LogP contribution in [0.5, 0.6) is 11.5 Å². The first-order chi connectivity index (χ1) is 13.7. The molecule has 5 aromatic rings. The lowest BCUT2D eigenvalue weighted by atomic mass is 10.2. The Balaban J connectivity index is 1.54. The Kier molecular flexibility index (Phi) is 4.22. The lowest BCUT2D eigenvalue weighted by Crippen LogP contribution is -1.95. The van der Waals surface area contributed by atoms with Crippen molar-refractivity contribution >= 4 is 37.9 Å². The molecular weight excluding hydrogens is 392 g/mol. The van der Waals surface area contributed by atoms with Gasteiger partial charge in [0, 0.05) is 12.1 Å². The van der Waals surface area contributed by atoms with E-state index in [0.717, 1.165) is 47.9 Å². The highest BCUT2D eigenvalue weighted by Gasteiger charge is 2.16. The summed E-state index contributed by atoms with van der Waals surface area (Å²) in [6.07, 6.45) is 1.91. The molecule has 0 fully saturated rings. The monoisotopic (exact) mass is 408 g/mol. The number of benzene rings is 2. The van der Waals surface area contributed by atoms with Crippen molar-refractivity contribution in [3.8, 4) is 22.2 Å². The Hall–Kier alpha value is -2.97. The van der Waals surface area contributed by atoms with E-state index in [2.05, 4.69) is 10.1 Å². The van der Waals surface area contributed by atoms with Crippen molar-refractivity contribution in [2.75, 3.05) is 7.11 Å². The van der Waals surface area contributed by atoms with Crippen LogP contribution in [0.4, 0.5) is 0 Å². The second-order valence-electron chi connectivity index (χ2n) is 6.24. The quantitative estimate of drug-likeness (QED) is 0.411. The molecule has 2 aromatic carbocycles. The molecule has 0 unspecified atom stereocenters. The normalized spacial score (nSPS) is 11.4. The van der Waals surface area contributed by atoms with Crippen molar-refractivity contribution in [3.63, 3.8) is 0 Å².